The van der Waals surface area contributed by atoms with E-state index in [1.165, 1.54) is 24.3 Å². The van der Waals surface area contributed by atoms with Crippen LogP contribution in [0.15, 0.2) is 46.9 Å². The maximum Gasteiger partial charge on any atom is 0.269 e. The summed E-state index contributed by atoms with van der Waals surface area (Å²) in [6.07, 6.45) is 0. The summed E-state index contributed by atoms with van der Waals surface area (Å²) in [5, 5.41) is 18.6. The summed E-state index contributed by atoms with van der Waals surface area (Å²) < 4.78 is 32.9. The first-order valence-electron chi connectivity index (χ1n) is 8.07. The first-order valence-corrected chi connectivity index (χ1v) is 8.07. The van der Waals surface area contributed by atoms with Crippen LogP contribution in [0.2, 0.25) is 0 Å². The quantitative estimate of drug-likeness (QED) is 0.477. The maximum atomic E-state index is 13.9. The fourth-order valence-corrected chi connectivity index (χ4v) is 2.58. The zero-order valence-electron chi connectivity index (χ0n) is 14.6. The number of rotatable bonds is 6. The molecule has 0 radical (unpaired) electrons. The van der Waals surface area contributed by atoms with E-state index in [0.29, 0.717) is 5.56 Å². The lowest BCUT2D eigenvalue weighted by atomic mass is 10.1. The molecule has 0 saturated carbocycles. The lowest BCUT2D eigenvalue weighted by molar-refractivity contribution is -0.384. The van der Waals surface area contributed by atoms with Crippen molar-refractivity contribution in [3.63, 3.8) is 0 Å². The van der Waals surface area contributed by atoms with Crippen LogP contribution in [0.25, 0.3) is 11.5 Å². The van der Waals surface area contributed by atoms with E-state index >= 15 is 0 Å². The van der Waals surface area contributed by atoms with Crippen molar-refractivity contribution in [1.29, 1.82) is 0 Å². The molecule has 0 bridgehead atoms. The zero-order chi connectivity index (χ0) is 19.6. The number of hydrogen-bond acceptors (Lipinski definition) is 6. The summed E-state index contributed by atoms with van der Waals surface area (Å²) in [6, 6.07) is 8.63. The van der Waals surface area contributed by atoms with Gasteiger partial charge in [-0.3, -0.25) is 15.0 Å². The first kappa shape index (κ1) is 18.6. The van der Waals surface area contributed by atoms with Gasteiger partial charge in [0.15, 0.2) is 0 Å². The maximum absolute atomic E-state index is 13.9. The number of nitro groups is 1. The minimum absolute atomic E-state index is 0.0378. The van der Waals surface area contributed by atoms with Gasteiger partial charge in [-0.05, 0) is 44.3 Å². The Balaban J connectivity index is 1.73. The summed E-state index contributed by atoms with van der Waals surface area (Å²) in [6.45, 7) is 1.96. The Labute approximate surface area is 153 Å². The Morgan fingerprint density at radius 2 is 1.89 bits per heavy atom. The van der Waals surface area contributed by atoms with E-state index in [0.717, 1.165) is 18.2 Å². The summed E-state index contributed by atoms with van der Waals surface area (Å²) >= 11 is 0. The van der Waals surface area contributed by atoms with Crippen molar-refractivity contribution in [3.05, 3.63) is 75.7 Å². The number of aromatic nitrogens is 2. The highest BCUT2D eigenvalue weighted by Gasteiger charge is 2.19. The van der Waals surface area contributed by atoms with Crippen molar-refractivity contribution in [3.8, 4) is 11.5 Å². The van der Waals surface area contributed by atoms with E-state index in [1.807, 2.05) is 0 Å². The van der Waals surface area contributed by atoms with Gasteiger partial charge >= 0.3 is 0 Å². The Morgan fingerprint density at radius 1 is 1.19 bits per heavy atom. The summed E-state index contributed by atoms with van der Waals surface area (Å²) in [7, 11) is 1.73. The molecule has 7 nitrogen and oxygen atoms in total. The van der Waals surface area contributed by atoms with E-state index in [2.05, 4.69) is 10.2 Å². The standard InChI is InChI=1S/C18H16F2N4O3/c1-11(15-9-13(19)5-8-16(15)20)23(2)10-17-21-22-18(27-17)12-3-6-14(7-4-12)24(25)26/h3-9,11H,10H2,1-2H3. The third-order valence-electron chi connectivity index (χ3n) is 4.25. The van der Waals surface area contributed by atoms with Crippen LogP contribution in [0.5, 0.6) is 0 Å². The van der Waals surface area contributed by atoms with Crippen molar-refractivity contribution in [1.82, 2.24) is 15.1 Å². The van der Waals surface area contributed by atoms with Gasteiger partial charge in [0.25, 0.3) is 5.69 Å². The van der Waals surface area contributed by atoms with Crippen molar-refractivity contribution >= 4 is 5.69 Å². The molecule has 3 rings (SSSR count). The molecule has 0 amide bonds. The predicted molar refractivity (Wildman–Crippen MR) is 92.6 cm³/mol. The molecule has 0 N–H and O–H groups in total. The van der Waals surface area contributed by atoms with Crippen LogP contribution in [-0.2, 0) is 6.54 Å². The molecule has 0 saturated heterocycles. The lowest BCUT2D eigenvalue weighted by Gasteiger charge is -2.23. The number of halogens is 2. The Hall–Kier alpha value is -3.20. The van der Waals surface area contributed by atoms with Gasteiger partial charge in [0.2, 0.25) is 11.8 Å². The van der Waals surface area contributed by atoms with E-state index in [-0.39, 0.29) is 29.6 Å². The van der Waals surface area contributed by atoms with E-state index in [1.54, 1.807) is 18.9 Å². The molecule has 0 fully saturated rings. The van der Waals surface area contributed by atoms with Crippen molar-refractivity contribution in [2.45, 2.75) is 19.5 Å². The smallest absolute Gasteiger partial charge is 0.269 e. The van der Waals surface area contributed by atoms with Crippen molar-refractivity contribution in [2.75, 3.05) is 7.05 Å². The number of nitrogens with zero attached hydrogens (tertiary/aromatic N) is 4. The van der Waals surface area contributed by atoms with E-state index in [4.69, 9.17) is 4.42 Å². The molecule has 1 aromatic heterocycles. The van der Waals surface area contributed by atoms with Gasteiger partial charge < -0.3 is 4.42 Å². The van der Waals surface area contributed by atoms with Gasteiger partial charge in [-0.1, -0.05) is 0 Å². The second kappa shape index (κ2) is 7.58. The molecule has 0 aliphatic carbocycles. The third kappa shape index (κ3) is 4.14. The molecule has 1 unspecified atom stereocenters. The second-order valence-electron chi connectivity index (χ2n) is 6.06. The van der Waals surface area contributed by atoms with Crippen LogP contribution in [0.4, 0.5) is 14.5 Å². The van der Waals surface area contributed by atoms with Gasteiger partial charge in [0.05, 0.1) is 11.5 Å². The fraction of sp³-hybridized carbons (Fsp3) is 0.222. The normalized spacial score (nSPS) is 12.3. The van der Waals surface area contributed by atoms with Crippen LogP contribution < -0.4 is 0 Å². The molecule has 1 atom stereocenters. The van der Waals surface area contributed by atoms with Gasteiger partial charge in [-0.25, -0.2) is 8.78 Å². The SMILES string of the molecule is CC(c1cc(F)ccc1F)N(C)Cc1nnc(-c2ccc([N+](=O)[O-])cc2)o1. The van der Waals surface area contributed by atoms with E-state index < -0.39 is 22.6 Å². The average Bonchev–Trinajstić information content (AvgIpc) is 3.11. The topological polar surface area (TPSA) is 85.3 Å². The fourth-order valence-electron chi connectivity index (χ4n) is 2.58. The van der Waals surface area contributed by atoms with Crippen LogP contribution in [0.3, 0.4) is 0 Å². The molecule has 3 aromatic rings. The summed E-state index contributed by atoms with van der Waals surface area (Å²) in [5.41, 5.74) is 0.739. The minimum atomic E-state index is -0.509. The molecule has 0 spiro atoms. The van der Waals surface area contributed by atoms with Crippen LogP contribution in [-0.4, -0.2) is 27.1 Å². The molecule has 9 heteroatoms. The van der Waals surface area contributed by atoms with Crippen LogP contribution in [0.1, 0.15) is 24.4 Å². The third-order valence-corrected chi connectivity index (χ3v) is 4.25. The van der Waals surface area contributed by atoms with E-state index in [9.17, 15) is 18.9 Å². The Morgan fingerprint density at radius 3 is 2.56 bits per heavy atom. The molecule has 0 aliphatic heterocycles. The average molecular weight is 374 g/mol. The zero-order valence-corrected chi connectivity index (χ0v) is 14.6. The second-order valence-corrected chi connectivity index (χ2v) is 6.06. The Kier molecular flexibility index (Phi) is 5.22. The highest BCUT2D eigenvalue weighted by molar-refractivity contribution is 5.55. The number of nitro benzene ring substituents is 1. The van der Waals surface area contributed by atoms with Crippen LogP contribution >= 0.6 is 0 Å². The number of benzene rings is 2. The van der Waals surface area contributed by atoms with Gasteiger partial charge in [0, 0.05) is 29.3 Å². The molecule has 140 valence electrons. The number of non-ortho nitro benzene ring substituents is 1. The largest absolute Gasteiger partial charge is 0.419 e. The minimum Gasteiger partial charge on any atom is -0.419 e. The predicted octanol–water partition coefficient (Wildman–Crippen LogP) is 4.12. The lowest BCUT2D eigenvalue weighted by Crippen LogP contribution is -2.23. The van der Waals surface area contributed by atoms with Crippen molar-refractivity contribution < 1.29 is 18.1 Å². The number of hydrogen-bond donors (Lipinski definition) is 0. The van der Waals surface area contributed by atoms with Gasteiger partial charge in [-0.2, -0.15) is 0 Å². The molecule has 27 heavy (non-hydrogen) atoms. The first-order chi connectivity index (χ1) is 12.8. The highest BCUT2D eigenvalue weighted by Crippen LogP contribution is 2.25. The summed E-state index contributed by atoms with van der Waals surface area (Å²) in [4.78, 5) is 11.9. The van der Waals surface area contributed by atoms with Gasteiger partial charge in [-0.15, -0.1) is 10.2 Å². The Bertz CT molecular complexity index is 959. The van der Waals surface area contributed by atoms with Crippen molar-refractivity contribution in [2.24, 2.45) is 0 Å². The monoisotopic (exact) mass is 374 g/mol. The molecular formula is C18H16F2N4O3. The molecule has 2 aromatic carbocycles. The highest BCUT2D eigenvalue weighted by atomic mass is 19.1. The molecule has 0 aliphatic rings. The van der Waals surface area contributed by atoms with Gasteiger partial charge in [0.1, 0.15) is 11.6 Å². The molecular weight excluding hydrogens is 358 g/mol. The van der Waals surface area contributed by atoms with Crippen LogP contribution in [0, 0.1) is 21.7 Å². The summed E-state index contributed by atoms with van der Waals surface area (Å²) in [5.74, 6) is -0.495. The molecule has 1 heterocycles.